The van der Waals surface area contributed by atoms with Crippen molar-refractivity contribution < 1.29 is 52.3 Å². The van der Waals surface area contributed by atoms with Gasteiger partial charge in [0.05, 0.1) is 41.0 Å². The molecule has 0 spiro atoms. The number of aryl methyl sites for hydroxylation is 2. The molecule has 4 aliphatic rings. The summed E-state index contributed by atoms with van der Waals surface area (Å²) in [7, 11) is 2.76. The van der Waals surface area contributed by atoms with Crippen molar-refractivity contribution in [3.8, 4) is 28.1 Å². The number of nitrogens with zero attached hydrogens (tertiary/aromatic N) is 6. The van der Waals surface area contributed by atoms with Crippen LogP contribution in [-0.2, 0) is 68.6 Å². The predicted octanol–water partition coefficient (Wildman–Crippen LogP) is 7.21. The fraction of sp³-hybridized carbons (Fsp3) is 0.508. The first-order valence-corrected chi connectivity index (χ1v) is 30.0. The van der Waals surface area contributed by atoms with Crippen LogP contribution in [0.2, 0.25) is 0 Å². The number of cyclic esters (lactones) is 1. The van der Waals surface area contributed by atoms with Gasteiger partial charge in [-0.1, -0.05) is 56.5 Å². The molecule has 2 unspecified atom stereocenters. The first-order chi connectivity index (χ1) is 39.4. The Kier molecular flexibility index (Phi) is 18.1. The highest BCUT2D eigenvalue weighted by molar-refractivity contribution is 7.83. The average Bonchev–Trinajstić information content (AvgIpc) is 2.82. The number of methoxy groups -OCH3 is 1. The van der Waals surface area contributed by atoms with E-state index in [1.165, 1.54) is 28.3 Å². The molecule has 1 aliphatic carbocycles. The van der Waals surface area contributed by atoms with Crippen LogP contribution in [0.5, 0.6) is 5.75 Å². The highest BCUT2D eigenvalue weighted by atomic mass is 32.2. The summed E-state index contributed by atoms with van der Waals surface area (Å²) in [5, 5.41) is 16.2. The van der Waals surface area contributed by atoms with Gasteiger partial charge in [-0.2, -0.15) is 4.31 Å². The van der Waals surface area contributed by atoms with Crippen LogP contribution in [0.3, 0.4) is 0 Å². The summed E-state index contributed by atoms with van der Waals surface area (Å²) < 4.78 is 35.0. The standard InChI is InChI=1S/C63H80N8O11S/c1-12-69-50-26-23-41-33-46(50)47(54(69)45-19-15-27-64-52(45)38(3)80-11)34-63(7,8)36-81-60(77)48-20-16-28-70(66-48)57(74)49(31-39-29-42(41)32-43(30-39)82-61(78)62(4,5)6)65-56(73)53(40-17-13-14-18-40)68(10)51(72)35-67(9)58(75)55-59(76)71(55)83(79)44-24-21-37(2)22-25-44/h15,19,21-27,29-30,32-33,38,40,48-49,53,55,59,66,76H,12-14,16-18,20,28,31,34-36H2,1-11H3,(H,65,73)/t38-,48-,49-,53-,55-,59+,71?,83?/m0/s1. The lowest BCUT2D eigenvalue weighted by molar-refractivity contribution is -0.155. The van der Waals surface area contributed by atoms with E-state index in [-0.39, 0.29) is 37.3 Å². The maximum Gasteiger partial charge on any atom is 0.324 e. The maximum absolute atomic E-state index is 15.3. The number of rotatable bonds is 14. The molecule has 444 valence electrons. The van der Waals surface area contributed by atoms with Gasteiger partial charge >= 0.3 is 11.9 Å². The van der Waals surface area contributed by atoms with Crippen molar-refractivity contribution >= 4 is 57.5 Å². The Labute approximate surface area is 488 Å². The van der Waals surface area contributed by atoms with Gasteiger partial charge in [0.25, 0.3) is 5.91 Å². The van der Waals surface area contributed by atoms with Crippen LogP contribution in [0.1, 0.15) is 115 Å². The SMILES string of the molecule is CCn1c(-c2cccnc2[C@H](C)OC)c2c3cc(ccc31)-c1cc(cc(OC(=O)C(C)(C)C)c1)C[C@H](NC(=O)[C@H](C1CCCC1)N(C)C(=O)CN(C)C(=O)[C@H]1[C@@H](O)N1S(=O)c1ccc(C)cc1)C(=O)N1CCC[C@H](N1)C(=O)OCC(C)(C)C2. The minimum atomic E-state index is -1.83. The maximum atomic E-state index is 15.3. The lowest BCUT2D eigenvalue weighted by atomic mass is 9.84. The fourth-order valence-electron chi connectivity index (χ4n) is 11.8. The average molecular weight is 1160 g/mol. The number of ether oxygens (including phenoxy) is 3. The number of hydrogen-bond donors (Lipinski definition) is 3. The highest BCUT2D eigenvalue weighted by Gasteiger charge is 2.57. The third kappa shape index (κ3) is 13.1. The third-order valence-corrected chi connectivity index (χ3v) is 18.1. The summed E-state index contributed by atoms with van der Waals surface area (Å²) in [6.45, 7) is 15.8. The van der Waals surface area contributed by atoms with Crippen molar-refractivity contribution in [1.82, 2.24) is 39.4 Å². The highest BCUT2D eigenvalue weighted by Crippen LogP contribution is 2.43. The molecular weight excluding hydrogens is 1080 g/mol. The molecule has 8 atom stereocenters. The Balaban J connectivity index is 1.09. The molecule has 2 aromatic heterocycles. The normalized spacial score (nSPS) is 22.2. The number of esters is 2. The minimum Gasteiger partial charge on any atom is -0.464 e. The monoisotopic (exact) mass is 1160 g/mol. The van der Waals surface area contributed by atoms with Crippen molar-refractivity contribution in [3.63, 3.8) is 0 Å². The van der Waals surface area contributed by atoms with E-state index in [0.717, 1.165) is 62.3 Å². The number of likely N-dealkylation sites (N-methyl/N-ethyl adjacent to an activating group) is 2. The van der Waals surface area contributed by atoms with Gasteiger partial charge < -0.3 is 39.0 Å². The minimum absolute atomic E-state index is 0.0577. The molecule has 20 heteroatoms. The largest absolute Gasteiger partial charge is 0.464 e. The second-order valence-corrected chi connectivity index (χ2v) is 26.0. The topological polar surface area (TPSA) is 222 Å². The van der Waals surface area contributed by atoms with Gasteiger partial charge in [0.15, 0.2) is 0 Å². The van der Waals surface area contributed by atoms with E-state index in [1.807, 2.05) is 38.1 Å². The van der Waals surface area contributed by atoms with Crippen molar-refractivity contribution in [2.75, 3.05) is 40.9 Å². The zero-order valence-corrected chi connectivity index (χ0v) is 50.5. The fourth-order valence-corrected chi connectivity index (χ4v) is 13.1. The van der Waals surface area contributed by atoms with Crippen LogP contribution < -0.4 is 15.5 Å². The number of aliphatic hydroxyl groups excluding tert-OH is 1. The first-order valence-electron chi connectivity index (χ1n) is 28.9. The summed E-state index contributed by atoms with van der Waals surface area (Å²) in [6.07, 6.45) is 4.23. The molecule has 3 N–H and O–H groups in total. The summed E-state index contributed by atoms with van der Waals surface area (Å²) in [4.78, 5) is 94.3. The van der Waals surface area contributed by atoms with Gasteiger partial charge in [-0.25, -0.2) is 9.63 Å². The zero-order valence-electron chi connectivity index (χ0n) is 49.7. The van der Waals surface area contributed by atoms with Gasteiger partial charge in [0.1, 0.15) is 47.1 Å². The molecular formula is C63H80N8O11S. The first kappa shape index (κ1) is 60.7. The summed E-state index contributed by atoms with van der Waals surface area (Å²) in [5.41, 5.74) is 9.30. The van der Waals surface area contributed by atoms with Crippen LogP contribution >= 0.6 is 0 Å². The summed E-state index contributed by atoms with van der Waals surface area (Å²) in [5.74, 6) is -3.35. The molecule has 3 aromatic carbocycles. The molecule has 1 saturated carbocycles. The predicted molar refractivity (Wildman–Crippen MR) is 314 cm³/mol. The molecule has 3 fully saturated rings. The molecule has 3 aliphatic heterocycles. The molecule has 5 aromatic rings. The van der Waals surface area contributed by atoms with E-state index >= 15 is 9.59 Å². The quantitative estimate of drug-likeness (QED) is 0.0569. The number of pyridine rings is 1. The van der Waals surface area contributed by atoms with Crippen LogP contribution in [-0.4, -0.2) is 145 Å². The van der Waals surface area contributed by atoms with Crippen LogP contribution in [0, 0.1) is 23.7 Å². The molecule has 9 rings (SSSR count). The molecule has 0 radical (unpaired) electrons. The Hall–Kier alpha value is -6.84. The Morgan fingerprint density at radius 1 is 0.976 bits per heavy atom. The van der Waals surface area contributed by atoms with Gasteiger partial charge in [-0.05, 0) is 150 Å². The summed E-state index contributed by atoms with van der Waals surface area (Å²) in [6, 6.07) is 18.2. The second kappa shape index (κ2) is 24.8. The van der Waals surface area contributed by atoms with E-state index in [2.05, 4.69) is 54.3 Å². The van der Waals surface area contributed by atoms with Gasteiger partial charge in [-0.15, -0.1) is 0 Å². The molecule has 5 heterocycles. The lowest BCUT2D eigenvalue weighted by Gasteiger charge is -2.37. The van der Waals surface area contributed by atoms with Crippen LogP contribution in [0.15, 0.2) is 83.9 Å². The number of aliphatic hydroxyl groups is 1. The van der Waals surface area contributed by atoms with Gasteiger partial charge in [0, 0.05) is 68.8 Å². The van der Waals surface area contributed by atoms with Crippen LogP contribution in [0.25, 0.3) is 33.3 Å². The second-order valence-electron chi connectivity index (χ2n) is 24.6. The smallest absolute Gasteiger partial charge is 0.324 e. The number of hydrazine groups is 1. The number of carbonyl (C=O) groups is 6. The number of fused-ring (bicyclic) bond motifs is 6. The Morgan fingerprint density at radius 3 is 2.39 bits per heavy atom. The molecule has 83 heavy (non-hydrogen) atoms. The van der Waals surface area contributed by atoms with E-state index in [9.17, 15) is 28.5 Å². The lowest BCUT2D eigenvalue weighted by Crippen LogP contribution is -2.62. The Bertz CT molecular complexity index is 3310. The van der Waals surface area contributed by atoms with Crippen molar-refractivity contribution in [3.05, 3.63) is 101 Å². The van der Waals surface area contributed by atoms with E-state index in [4.69, 9.17) is 19.2 Å². The third-order valence-electron chi connectivity index (χ3n) is 16.6. The number of carbonyl (C=O) groups excluding carboxylic acids is 6. The number of aromatic nitrogens is 2. The number of amides is 4. The number of benzene rings is 3. The van der Waals surface area contributed by atoms with Gasteiger partial charge in [0.2, 0.25) is 17.7 Å². The molecule has 19 nitrogen and oxygen atoms in total. The van der Waals surface area contributed by atoms with Crippen molar-refractivity contribution in [2.45, 2.75) is 155 Å². The zero-order chi connectivity index (χ0) is 59.8. The Morgan fingerprint density at radius 2 is 1.70 bits per heavy atom. The van der Waals surface area contributed by atoms with Crippen molar-refractivity contribution in [1.29, 1.82) is 0 Å². The van der Waals surface area contributed by atoms with Gasteiger partial charge in [-0.3, -0.25) is 38.8 Å². The summed E-state index contributed by atoms with van der Waals surface area (Å²) >= 11 is 0. The molecule has 4 amide bonds. The van der Waals surface area contributed by atoms with E-state index in [1.54, 1.807) is 64.4 Å². The molecule has 6 bridgehead atoms. The van der Waals surface area contributed by atoms with Crippen molar-refractivity contribution in [2.24, 2.45) is 16.7 Å². The molecule has 2 saturated heterocycles. The van der Waals surface area contributed by atoms with E-state index < -0.39 is 94.3 Å². The number of nitrogens with one attached hydrogen (secondary N) is 2. The van der Waals surface area contributed by atoms with Crippen LogP contribution in [0.4, 0.5) is 0 Å². The van der Waals surface area contributed by atoms with E-state index in [0.29, 0.717) is 54.7 Å². The number of hydrogen-bond acceptors (Lipinski definition) is 13.